The molecule has 0 amide bonds. The number of hydrogen-bond donors (Lipinski definition) is 0. The van der Waals surface area contributed by atoms with Crippen molar-refractivity contribution in [2.24, 2.45) is 0 Å². The van der Waals surface area contributed by atoms with Crippen molar-refractivity contribution in [3.63, 3.8) is 0 Å². The second-order valence-electron chi connectivity index (χ2n) is 9.76. The van der Waals surface area contributed by atoms with E-state index < -0.39 is 0 Å². The molecule has 0 saturated carbocycles. The third kappa shape index (κ3) is 4.65. The van der Waals surface area contributed by atoms with Crippen molar-refractivity contribution in [2.45, 2.75) is 0 Å². The molecule has 0 bridgehead atoms. The normalized spacial score (nSPS) is 11.0. The Morgan fingerprint density at radius 3 is 1.52 bits per heavy atom. The lowest BCUT2D eigenvalue weighted by Gasteiger charge is -2.10. The summed E-state index contributed by atoms with van der Waals surface area (Å²) >= 11 is 0. The minimum Gasteiger partial charge on any atom is -0.263 e. The van der Waals surface area contributed by atoms with Crippen LogP contribution in [-0.4, -0.2) is 15.0 Å². The van der Waals surface area contributed by atoms with E-state index in [1.54, 1.807) is 0 Å². The van der Waals surface area contributed by atoms with Gasteiger partial charge in [0.25, 0.3) is 0 Å². The van der Waals surface area contributed by atoms with Crippen LogP contribution in [0.15, 0.2) is 152 Å². The highest BCUT2D eigenvalue weighted by molar-refractivity contribution is 5.96. The van der Waals surface area contributed by atoms with Crippen LogP contribution in [0, 0.1) is 0 Å². The van der Waals surface area contributed by atoms with Gasteiger partial charge in [0, 0.05) is 40.0 Å². The number of aromatic nitrogens is 3. The third-order valence-corrected chi connectivity index (χ3v) is 7.21. The van der Waals surface area contributed by atoms with Gasteiger partial charge in [-0.25, -0.2) is 9.97 Å². The second kappa shape index (κ2) is 10.4. The van der Waals surface area contributed by atoms with E-state index in [9.17, 15) is 0 Å². The minimum atomic E-state index is 0.722. The Morgan fingerprint density at radius 1 is 0.375 bits per heavy atom. The van der Waals surface area contributed by atoms with E-state index in [4.69, 9.17) is 9.97 Å². The van der Waals surface area contributed by atoms with Crippen molar-refractivity contribution in [2.75, 3.05) is 0 Å². The molecule has 0 unspecified atom stereocenters. The van der Waals surface area contributed by atoms with Crippen LogP contribution in [0.5, 0.6) is 0 Å². The van der Waals surface area contributed by atoms with Gasteiger partial charge in [-0.2, -0.15) is 0 Å². The number of nitrogens with zero attached hydrogens (tertiary/aromatic N) is 3. The topological polar surface area (TPSA) is 38.7 Å². The Labute approximate surface area is 233 Å². The average Bonchev–Trinajstić information content (AvgIpc) is 3.05. The molecule has 0 spiro atoms. The predicted octanol–water partition coefficient (Wildman–Crippen LogP) is 9.36. The first-order valence-electron chi connectivity index (χ1n) is 13.4. The Kier molecular flexibility index (Phi) is 6.15. The number of hydrogen-bond acceptors (Lipinski definition) is 3. The van der Waals surface area contributed by atoms with Gasteiger partial charge in [-0.05, 0) is 28.1 Å². The van der Waals surface area contributed by atoms with Crippen LogP contribution in [0.3, 0.4) is 0 Å². The first-order chi connectivity index (χ1) is 19.8. The zero-order chi connectivity index (χ0) is 26.7. The molecule has 5 aromatic carbocycles. The van der Waals surface area contributed by atoms with Gasteiger partial charge in [0.1, 0.15) is 0 Å². The summed E-state index contributed by atoms with van der Waals surface area (Å²) in [5, 5.41) is 2.36. The molecule has 0 atom stereocenters. The Balaban J connectivity index is 1.22. The molecule has 0 fully saturated rings. The molecule has 3 nitrogen and oxygen atoms in total. The molecule has 0 aliphatic heterocycles. The van der Waals surface area contributed by atoms with Crippen molar-refractivity contribution < 1.29 is 0 Å². The lowest BCUT2D eigenvalue weighted by atomic mass is 9.97. The fraction of sp³-hybridized carbons (Fsp3) is 0. The van der Waals surface area contributed by atoms with Crippen molar-refractivity contribution in [3.8, 4) is 56.2 Å². The zero-order valence-electron chi connectivity index (χ0n) is 21.8. The van der Waals surface area contributed by atoms with Gasteiger partial charge in [0.2, 0.25) is 0 Å². The molecule has 0 N–H and O–H groups in total. The molecule has 0 aliphatic carbocycles. The molecule has 2 heterocycles. The quantitative estimate of drug-likeness (QED) is 0.231. The maximum Gasteiger partial charge on any atom is 0.160 e. The Hall–Kier alpha value is -5.41. The lowest BCUT2D eigenvalue weighted by Crippen LogP contribution is -1.95. The molecule has 40 heavy (non-hydrogen) atoms. The summed E-state index contributed by atoms with van der Waals surface area (Å²) in [6, 6.07) is 48.2. The van der Waals surface area contributed by atoms with E-state index >= 15 is 0 Å². The van der Waals surface area contributed by atoms with Crippen molar-refractivity contribution >= 4 is 10.8 Å². The number of benzene rings is 5. The van der Waals surface area contributed by atoms with Crippen LogP contribution in [0.25, 0.3) is 66.9 Å². The minimum absolute atomic E-state index is 0.722. The standard InChI is InChI=1S/C37H25N3/c1-3-9-29(10-4-1)35-23-36(40-37(39-35)31-11-5-2-6-12-31)30-21-17-27(18-22-30)26-15-19-28(20-16-26)34-25-38-24-32-13-7-8-14-33(32)34/h1-25H. The van der Waals surface area contributed by atoms with Crippen LogP contribution in [0.2, 0.25) is 0 Å². The first kappa shape index (κ1) is 23.7. The van der Waals surface area contributed by atoms with Gasteiger partial charge in [-0.15, -0.1) is 0 Å². The fourth-order valence-electron chi connectivity index (χ4n) is 5.09. The highest BCUT2D eigenvalue weighted by Gasteiger charge is 2.11. The SMILES string of the molecule is c1ccc(-c2cc(-c3ccc(-c4ccc(-c5cncc6ccccc56)cc4)cc3)nc(-c3ccccc3)n2)cc1. The van der Waals surface area contributed by atoms with E-state index in [1.165, 1.54) is 10.9 Å². The van der Waals surface area contributed by atoms with Crippen LogP contribution in [0.1, 0.15) is 0 Å². The fourth-order valence-corrected chi connectivity index (χ4v) is 5.09. The summed E-state index contributed by atoms with van der Waals surface area (Å²) in [7, 11) is 0. The van der Waals surface area contributed by atoms with Crippen molar-refractivity contribution in [1.82, 2.24) is 15.0 Å². The van der Waals surface area contributed by atoms with Crippen molar-refractivity contribution in [3.05, 3.63) is 152 Å². The summed E-state index contributed by atoms with van der Waals surface area (Å²) in [6.07, 6.45) is 3.86. The molecular weight excluding hydrogens is 486 g/mol. The maximum atomic E-state index is 4.95. The smallest absolute Gasteiger partial charge is 0.160 e. The molecule has 7 aromatic rings. The van der Waals surface area contributed by atoms with E-state index in [2.05, 4.69) is 102 Å². The number of pyridine rings is 1. The van der Waals surface area contributed by atoms with E-state index in [0.717, 1.165) is 56.0 Å². The van der Waals surface area contributed by atoms with Crippen LogP contribution >= 0.6 is 0 Å². The summed E-state index contributed by atoms with van der Waals surface area (Å²) in [6.45, 7) is 0. The first-order valence-corrected chi connectivity index (χ1v) is 13.4. The van der Waals surface area contributed by atoms with Crippen LogP contribution < -0.4 is 0 Å². The van der Waals surface area contributed by atoms with E-state index in [1.807, 2.05) is 54.9 Å². The molecular formula is C37H25N3. The van der Waals surface area contributed by atoms with Gasteiger partial charge >= 0.3 is 0 Å². The zero-order valence-corrected chi connectivity index (χ0v) is 21.8. The van der Waals surface area contributed by atoms with Gasteiger partial charge in [0.05, 0.1) is 11.4 Å². The Morgan fingerprint density at radius 2 is 0.875 bits per heavy atom. The van der Waals surface area contributed by atoms with Crippen molar-refractivity contribution in [1.29, 1.82) is 0 Å². The number of rotatable bonds is 5. The van der Waals surface area contributed by atoms with Gasteiger partial charge < -0.3 is 0 Å². The molecule has 0 aliphatic rings. The lowest BCUT2D eigenvalue weighted by molar-refractivity contribution is 1.18. The van der Waals surface area contributed by atoms with Gasteiger partial charge in [0.15, 0.2) is 5.82 Å². The van der Waals surface area contributed by atoms with E-state index in [0.29, 0.717) is 0 Å². The monoisotopic (exact) mass is 511 g/mol. The molecule has 0 saturated heterocycles. The molecule has 188 valence electrons. The number of fused-ring (bicyclic) bond motifs is 1. The summed E-state index contributed by atoms with van der Waals surface area (Å²) in [5.41, 5.74) is 9.57. The van der Waals surface area contributed by atoms with Gasteiger partial charge in [-0.3, -0.25) is 4.98 Å². The molecule has 0 radical (unpaired) electrons. The average molecular weight is 512 g/mol. The third-order valence-electron chi connectivity index (χ3n) is 7.21. The van der Waals surface area contributed by atoms with E-state index in [-0.39, 0.29) is 0 Å². The molecule has 2 aromatic heterocycles. The second-order valence-corrected chi connectivity index (χ2v) is 9.76. The Bertz CT molecular complexity index is 1850. The predicted molar refractivity (Wildman–Crippen MR) is 165 cm³/mol. The largest absolute Gasteiger partial charge is 0.263 e. The summed E-state index contributed by atoms with van der Waals surface area (Å²) in [4.78, 5) is 14.3. The highest BCUT2D eigenvalue weighted by atomic mass is 14.9. The highest BCUT2D eigenvalue weighted by Crippen LogP contribution is 2.32. The summed E-state index contributed by atoms with van der Waals surface area (Å²) < 4.78 is 0. The molecule has 7 rings (SSSR count). The molecule has 3 heteroatoms. The van der Waals surface area contributed by atoms with Crippen LogP contribution in [-0.2, 0) is 0 Å². The van der Waals surface area contributed by atoms with Crippen LogP contribution in [0.4, 0.5) is 0 Å². The van der Waals surface area contributed by atoms with Gasteiger partial charge in [-0.1, -0.05) is 133 Å². The summed E-state index contributed by atoms with van der Waals surface area (Å²) in [5.74, 6) is 0.722. The maximum absolute atomic E-state index is 4.95.